The minimum atomic E-state index is -0.767. The Labute approximate surface area is 175 Å². The second-order valence-electron chi connectivity index (χ2n) is 6.94. The highest BCUT2D eigenvalue weighted by Crippen LogP contribution is 2.29. The summed E-state index contributed by atoms with van der Waals surface area (Å²) in [6.07, 6.45) is 1.51. The molecule has 8 nitrogen and oxygen atoms in total. The lowest BCUT2D eigenvalue weighted by atomic mass is 9.99. The smallest absolute Gasteiger partial charge is 0.338 e. The summed E-state index contributed by atoms with van der Waals surface area (Å²) in [5, 5.41) is 15.8. The average molecular weight is 413 g/mol. The molecule has 1 aromatic heterocycles. The van der Waals surface area contributed by atoms with Crippen LogP contribution in [0, 0.1) is 0 Å². The van der Waals surface area contributed by atoms with Crippen molar-refractivity contribution < 1.29 is 23.8 Å². The molecule has 0 radical (unpaired) electrons. The summed E-state index contributed by atoms with van der Waals surface area (Å²) < 4.78 is 10.7. The maximum Gasteiger partial charge on any atom is 0.338 e. The van der Waals surface area contributed by atoms with Crippen LogP contribution in [0.4, 0.5) is 10.5 Å². The Balaban J connectivity index is 2.02. The van der Waals surface area contributed by atoms with Crippen LogP contribution >= 0.6 is 0 Å². The van der Waals surface area contributed by atoms with E-state index in [4.69, 9.17) is 9.15 Å². The third-order valence-corrected chi connectivity index (χ3v) is 4.85. The Morgan fingerprint density at radius 3 is 2.63 bits per heavy atom. The minimum absolute atomic E-state index is 0.200. The number of esters is 1. The van der Waals surface area contributed by atoms with Gasteiger partial charge in [0, 0.05) is 12.2 Å². The van der Waals surface area contributed by atoms with Crippen LogP contribution in [0.1, 0.15) is 32.1 Å². The number of benzene rings is 1. The summed E-state index contributed by atoms with van der Waals surface area (Å²) >= 11 is 0. The van der Waals surface area contributed by atoms with E-state index < -0.39 is 24.1 Å². The third kappa shape index (κ3) is 5.01. The molecular formula is C22H27N3O5. The number of hydrogen-bond donors (Lipinski definition) is 3. The first-order valence-corrected chi connectivity index (χ1v) is 10.0. The van der Waals surface area contributed by atoms with Gasteiger partial charge in [0.25, 0.3) is 0 Å². The Kier molecular flexibility index (Phi) is 7.13. The number of amides is 2. The van der Waals surface area contributed by atoms with Crippen molar-refractivity contribution in [3.63, 3.8) is 0 Å². The number of carbonyl (C=O) groups is 2. The van der Waals surface area contributed by atoms with E-state index in [-0.39, 0.29) is 18.7 Å². The maximum atomic E-state index is 12.8. The number of rotatable bonds is 9. The number of aliphatic hydroxyl groups is 1. The van der Waals surface area contributed by atoms with Crippen molar-refractivity contribution in [3.8, 4) is 0 Å². The Hall–Kier alpha value is -3.26. The molecule has 3 rings (SSSR count). The van der Waals surface area contributed by atoms with Crippen molar-refractivity contribution >= 4 is 17.7 Å². The van der Waals surface area contributed by atoms with Crippen molar-refractivity contribution in [1.29, 1.82) is 0 Å². The third-order valence-electron chi connectivity index (χ3n) is 4.85. The molecule has 0 aliphatic carbocycles. The highest BCUT2D eigenvalue weighted by atomic mass is 16.5. The zero-order valence-corrected chi connectivity index (χ0v) is 17.1. The van der Waals surface area contributed by atoms with Crippen LogP contribution in [0.5, 0.6) is 0 Å². The van der Waals surface area contributed by atoms with Gasteiger partial charge in [0.1, 0.15) is 11.8 Å². The number of nitrogens with one attached hydrogen (secondary N) is 2. The molecule has 160 valence electrons. The lowest BCUT2D eigenvalue weighted by molar-refractivity contribution is -0.139. The molecule has 2 amide bonds. The van der Waals surface area contributed by atoms with Crippen LogP contribution < -0.4 is 15.5 Å². The number of anilines is 1. The van der Waals surface area contributed by atoms with Gasteiger partial charge >= 0.3 is 12.0 Å². The predicted octanol–water partition coefficient (Wildman–Crippen LogP) is 2.73. The summed E-state index contributed by atoms with van der Waals surface area (Å²) in [4.78, 5) is 27.1. The number of urea groups is 1. The molecule has 0 bridgehead atoms. The fourth-order valence-corrected chi connectivity index (χ4v) is 3.34. The van der Waals surface area contributed by atoms with Crippen LogP contribution in [0.15, 0.2) is 64.4 Å². The number of para-hydroxylation sites is 1. The second-order valence-corrected chi connectivity index (χ2v) is 6.94. The van der Waals surface area contributed by atoms with Gasteiger partial charge in [-0.25, -0.2) is 9.59 Å². The molecular weight excluding hydrogens is 386 g/mol. The van der Waals surface area contributed by atoms with Gasteiger partial charge in [-0.05, 0) is 37.6 Å². The highest BCUT2D eigenvalue weighted by Gasteiger charge is 2.36. The lowest BCUT2D eigenvalue weighted by Gasteiger charge is -2.33. The molecule has 8 heteroatoms. The summed E-state index contributed by atoms with van der Waals surface area (Å²) in [7, 11) is 0. The van der Waals surface area contributed by atoms with Crippen LogP contribution in [-0.2, 0) is 9.53 Å². The van der Waals surface area contributed by atoms with Gasteiger partial charge in [-0.1, -0.05) is 25.1 Å². The fourth-order valence-electron chi connectivity index (χ4n) is 3.34. The molecule has 1 aliphatic heterocycles. The molecule has 2 atom stereocenters. The van der Waals surface area contributed by atoms with Gasteiger partial charge in [-0.3, -0.25) is 0 Å². The fraction of sp³-hybridized carbons (Fsp3) is 0.364. The van der Waals surface area contributed by atoms with E-state index in [1.165, 1.54) is 6.26 Å². The number of ether oxygens (including phenoxy) is 1. The zero-order chi connectivity index (χ0) is 21.5. The van der Waals surface area contributed by atoms with E-state index >= 15 is 0 Å². The molecule has 1 aliphatic rings. The second kappa shape index (κ2) is 9.98. The number of aliphatic hydroxyl groups excluding tert-OH is 1. The summed E-state index contributed by atoms with van der Waals surface area (Å²) in [6.45, 7) is 4.37. The van der Waals surface area contributed by atoms with E-state index in [1.54, 1.807) is 19.1 Å². The van der Waals surface area contributed by atoms with E-state index in [2.05, 4.69) is 10.6 Å². The van der Waals surface area contributed by atoms with Crippen molar-refractivity contribution in [2.45, 2.75) is 32.4 Å². The average Bonchev–Trinajstić information content (AvgIpc) is 3.28. The van der Waals surface area contributed by atoms with Gasteiger partial charge in [0.15, 0.2) is 0 Å². The highest BCUT2D eigenvalue weighted by molar-refractivity contribution is 5.95. The van der Waals surface area contributed by atoms with Gasteiger partial charge in [0.05, 0.1) is 36.8 Å². The molecule has 0 saturated heterocycles. The number of furan rings is 1. The normalized spacial score (nSPS) is 17.2. The largest absolute Gasteiger partial charge is 0.467 e. The molecule has 30 heavy (non-hydrogen) atoms. The first-order chi connectivity index (χ1) is 14.5. The molecule has 1 aromatic carbocycles. The quantitative estimate of drug-likeness (QED) is 0.546. The standard InChI is InChI=1S/C22H27N3O5/c1-3-16(26)13-25(15-9-6-5-7-10-15)14-17-19(21(27)29-4-2)20(24-22(28)23-17)18-11-8-12-30-18/h5-12,16,20,26H,3-4,13-14H2,1-2H3,(H2,23,24,28). The minimum Gasteiger partial charge on any atom is -0.467 e. The van der Waals surface area contributed by atoms with E-state index in [0.717, 1.165) is 5.69 Å². The Morgan fingerprint density at radius 2 is 2.00 bits per heavy atom. The molecule has 2 heterocycles. The lowest BCUT2D eigenvalue weighted by Crippen LogP contribution is -2.49. The number of carbonyl (C=O) groups excluding carboxylic acids is 2. The molecule has 2 unspecified atom stereocenters. The van der Waals surface area contributed by atoms with Crippen LogP contribution in [0.3, 0.4) is 0 Å². The van der Waals surface area contributed by atoms with Crippen molar-refractivity contribution in [1.82, 2.24) is 10.6 Å². The van der Waals surface area contributed by atoms with Crippen molar-refractivity contribution in [2.24, 2.45) is 0 Å². The number of hydrogen-bond acceptors (Lipinski definition) is 6. The monoisotopic (exact) mass is 413 g/mol. The Bertz CT molecular complexity index is 879. The van der Waals surface area contributed by atoms with E-state index in [0.29, 0.717) is 24.4 Å². The first-order valence-electron chi connectivity index (χ1n) is 10.0. The number of nitrogens with zero attached hydrogens (tertiary/aromatic N) is 1. The van der Waals surface area contributed by atoms with Gasteiger partial charge in [0.2, 0.25) is 0 Å². The van der Waals surface area contributed by atoms with Crippen LogP contribution in [-0.4, -0.2) is 42.9 Å². The summed E-state index contributed by atoms with van der Waals surface area (Å²) in [5.41, 5.74) is 1.55. The van der Waals surface area contributed by atoms with E-state index in [1.807, 2.05) is 42.2 Å². The molecule has 3 N–H and O–H groups in total. The van der Waals surface area contributed by atoms with Gasteiger partial charge in [-0.2, -0.15) is 0 Å². The van der Waals surface area contributed by atoms with Crippen LogP contribution in [0.25, 0.3) is 0 Å². The molecule has 0 fully saturated rings. The topological polar surface area (TPSA) is 104 Å². The zero-order valence-electron chi connectivity index (χ0n) is 17.1. The summed E-state index contributed by atoms with van der Waals surface area (Å²) in [5.74, 6) is -0.101. The summed E-state index contributed by atoms with van der Waals surface area (Å²) in [6, 6.07) is 11.7. The molecule has 0 spiro atoms. The first kappa shape index (κ1) is 21.4. The predicted molar refractivity (Wildman–Crippen MR) is 112 cm³/mol. The van der Waals surface area contributed by atoms with Crippen molar-refractivity contribution in [2.75, 3.05) is 24.6 Å². The molecule has 0 saturated carbocycles. The molecule has 2 aromatic rings. The van der Waals surface area contributed by atoms with Crippen molar-refractivity contribution in [3.05, 3.63) is 65.8 Å². The van der Waals surface area contributed by atoms with Gasteiger partial charge < -0.3 is 29.8 Å². The van der Waals surface area contributed by atoms with E-state index in [9.17, 15) is 14.7 Å². The van der Waals surface area contributed by atoms with Crippen LogP contribution in [0.2, 0.25) is 0 Å². The Morgan fingerprint density at radius 1 is 1.23 bits per heavy atom. The van der Waals surface area contributed by atoms with Gasteiger partial charge in [-0.15, -0.1) is 0 Å². The maximum absolute atomic E-state index is 12.8. The SMILES string of the molecule is CCOC(=O)C1=C(CN(CC(O)CC)c2ccccc2)NC(=O)NC1c1ccco1.